The Morgan fingerprint density at radius 2 is 2.09 bits per heavy atom. The van der Waals surface area contributed by atoms with Gasteiger partial charge in [0.05, 0.1) is 28.8 Å². The first-order valence-corrected chi connectivity index (χ1v) is 8.21. The summed E-state index contributed by atoms with van der Waals surface area (Å²) in [6.45, 7) is 3.76. The van der Waals surface area contributed by atoms with Crippen molar-refractivity contribution in [1.29, 1.82) is 0 Å². The lowest BCUT2D eigenvalue weighted by Gasteiger charge is -2.28. The van der Waals surface area contributed by atoms with Crippen molar-refractivity contribution in [3.63, 3.8) is 0 Å². The van der Waals surface area contributed by atoms with Gasteiger partial charge in [-0.1, -0.05) is 23.2 Å². The first-order chi connectivity index (χ1) is 10.7. The molecule has 7 heteroatoms. The number of cyclic esters (lactones) is 1. The smallest absolute Gasteiger partial charge is 0.410 e. The lowest BCUT2D eigenvalue weighted by Crippen LogP contribution is -2.44. The van der Waals surface area contributed by atoms with Crippen LogP contribution in [0.1, 0.15) is 31.7 Å². The van der Waals surface area contributed by atoms with Crippen LogP contribution < -0.4 is 4.74 Å². The van der Waals surface area contributed by atoms with Crippen molar-refractivity contribution in [3.05, 3.63) is 27.7 Å². The lowest BCUT2D eigenvalue weighted by molar-refractivity contribution is -0.0458. The highest BCUT2D eigenvalue weighted by molar-refractivity contribution is 6.42. The third-order valence-corrected chi connectivity index (χ3v) is 5.39. The summed E-state index contributed by atoms with van der Waals surface area (Å²) in [5, 5.41) is 11.2. The molecule has 0 aromatic heterocycles. The fourth-order valence-corrected chi connectivity index (χ4v) is 4.02. The molecule has 2 saturated heterocycles. The van der Waals surface area contributed by atoms with Gasteiger partial charge in [-0.25, -0.2) is 4.79 Å². The molecule has 1 N–H and O–H groups in total. The van der Waals surface area contributed by atoms with Crippen LogP contribution in [0.2, 0.25) is 10.0 Å². The Kier molecular flexibility index (Phi) is 4.15. The van der Waals surface area contributed by atoms with Gasteiger partial charge in [-0.15, -0.1) is 0 Å². The number of carbonyl (C=O) groups excluding carboxylic acids is 1. The average Bonchev–Trinajstić information content (AvgIpc) is 3.01. The zero-order chi connectivity index (χ0) is 16.9. The predicted molar refractivity (Wildman–Crippen MR) is 87.4 cm³/mol. The molecule has 2 aliphatic heterocycles. The van der Waals surface area contributed by atoms with Crippen molar-refractivity contribution in [3.8, 4) is 5.75 Å². The highest BCUT2D eigenvalue weighted by Gasteiger charge is 2.53. The van der Waals surface area contributed by atoms with Crippen molar-refractivity contribution in [2.24, 2.45) is 0 Å². The molecular formula is C16H19Cl2NO4. The van der Waals surface area contributed by atoms with E-state index in [2.05, 4.69) is 0 Å². The normalized spacial score (nSPS) is 27.1. The maximum absolute atomic E-state index is 12.1. The van der Waals surface area contributed by atoms with E-state index in [1.807, 2.05) is 0 Å². The summed E-state index contributed by atoms with van der Waals surface area (Å²) in [6.07, 6.45) is -0.331. The van der Waals surface area contributed by atoms with Crippen LogP contribution in [-0.2, 0) is 4.74 Å². The lowest BCUT2D eigenvalue weighted by atomic mass is 9.89. The molecule has 1 unspecified atom stereocenters. The van der Waals surface area contributed by atoms with Gasteiger partial charge in [-0.2, -0.15) is 0 Å². The number of hydrogen-bond acceptors (Lipinski definition) is 4. The van der Waals surface area contributed by atoms with E-state index in [1.54, 1.807) is 38.0 Å². The number of ether oxygens (including phenoxy) is 2. The number of nitrogens with zero attached hydrogens (tertiary/aromatic N) is 1. The molecule has 1 amide bonds. The van der Waals surface area contributed by atoms with Crippen LogP contribution in [-0.4, -0.2) is 47.5 Å². The summed E-state index contributed by atoms with van der Waals surface area (Å²) in [5.41, 5.74) is -0.301. The van der Waals surface area contributed by atoms with Crippen molar-refractivity contribution >= 4 is 29.3 Å². The summed E-state index contributed by atoms with van der Waals surface area (Å²) in [6, 6.07) is 3.28. The molecule has 0 saturated carbocycles. The van der Waals surface area contributed by atoms with Crippen molar-refractivity contribution in [2.45, 2.75) is 43.9 Å². The third kappa shape index (κ3) is 2.75. The van der Waals surface area contributed by atoms with Gasteiger partial charge in [0, 0.05) is 18.0 Å². The van der Waals surface area contributed by atoms with E-state index >= 15 is 0 Å². The van der Waals surface area contributed by atoms with E-state index in [9.17, 15) is 9.90 Å². The van der Waals surface area contributed by atoms with Crippen molar-refractivity contribution < 1.29 is 19.4 Å². The van der Waals surface area contributed by atoms with E-state index in [1.165, 1.54) is 0 Å². The summed E-state index contributed by atoms with van der Waals surface area (Å²) in [5.74, 6) is 0.637. The van der Waals surface area contributed by atoms with Crippen molar-refractivity contribution in [2.75, 3.05) is 13.7 Å². The largest absolute Gasteiger partial charge is 0.496 e. The van der Waals surface area contributed by atoms with Gasteiger partial charge in [0.1, 0.15) is 5.75 Å². The molecule has 0 spiro atoms. The second-order valence-corrected chi connectivity index (χ2v) is 7.37. The average molecular weight is 360 g/mol. The van der Waals surface area contributed by atoms with E-state index < -0.39 is 17.8 Å². The third-order valence-electron chi connectivity index (χ3n) is 4.57. The van der Waals surface area contributed by atoms with E-state index in [0.29, 0.717) is 28.8 Å². The van der Waals surface area contributed by atoms with Crippen LogP contribution in [0.25, 0.3) is 0 Å². The molecule has 1 aromatic carbocycles. The number of halogens is 2. The molecule has 3 atom stereocenters. The Bertz CT molecular complexity index is 644. The highest BCUT2D eigenvalue weighted by Crippen LogP contribution is 2.46. The number of carbonyl (C=O) groups is 1. The first-order valence-electron chi connectivity index (χ1n) is 7.45. The molecule has 2 heterocycles. The SMILES string of the molecule is COc1ccc(Cl)c(Cl)c1[C@H]1C[C@H]2C(C(C)(C)O)OC(=O)N2C1. The van der Waals surface area contributed by atoms with Gasteiger partial charge >= 0.3 is 6.09 Å². The van der Waals surface area contributed by atoms with Crippen LogP contribution in [0.15, 0.2) is 12.1 Å². The molecule has 2 fully saturated rings. The molecule has 0 aliphatic carbocycles. The Balaban J connectivity index is 1.95. The Labute approximate surface area is 145 Å². The summed E-state index contributed by atoms with van der Waals surface area (Å²) in [4.78, 5) is 13.8. The minimum Gasteiger partial charge on any atom is -0.496 e. The number of amides is 1. The monoisotopic (exact) mass is 359 g/mol. The Morgan fingerprint density at radius 1 is 1.39 bits per heavy atom. The maximum Gasteiger partial charge on any atom is 0.410 e. The first kappa shape index (κ1) is 16.7. The van der Waals surface area contributed by atoms with Gasteiger partial charge in [0.25, 0.3) is 0 Å². The molecule has 0 bridgehead atoms. The molecule has 23 heavy (non-hydrogen) atoms. The number of aliphatic hydroxyl groups is 1. The fourth-order valence-electron chi connectivity index (χ4n) is 3.55. The van der Waals surface area contributed by atoms with Crippen molar-refractivity contribution in [1.82, 2.24) is 4.90 Å². The minimum absolute atomic E-state index is 0.0150. The van der Waals surface area contributed by atoms with Gasteiger partial charge in [-0.05, 0) is 32.4 Å². The van der Waals surface area contributed by atoms with Crippen LogP contribution in [0, 0.1) is 0 Å². The van der Waals surface area contributed by atoms with Gasteiger partial charge in [0.2, 0.25) is 0 Å². The van der Waals surface area contributed by atoms with Crippen LogP contribution in [0.5, 0.6) is 5.75 Å². The Hall–Kier alpha value is -1.17. The topological polar surface area (TPSA) is 59.0 Å². The van der Waals surface area contributed by atoms with Gasteiger partial charge in [0.15, 0.2) is 6.10 Å². The number of rotatable bonds is 3. The number of fused-ring (bicyclic) bond motifs is 1. The predicted octanol–water partition coefficient (Wildman–Crippen LogP) is 3.45. The second kappa shape index (κ2) is 5.72. The zero-order valence-corrected chi connectivity index (χ0v) is 14.7. The molecule has 2 aliphatic rings. The van der Waals surface area contributed by atoms with Crippen LogP contribution in [0.3, 0.4) is 0 Å². The van der Waals surface area contributed by atoms with Crippen LogP contribution in [0.4, 0.5) is 4.79 Å². The molecule has 5 nitrogen and oxygen atoms in total. The quantitative estimate of drug-likeness (QED) is 0.897. The zero-order valence-electron chi connectivity index (χ0n) is 13.2. The summed E-state index contributed by atoms with van der Waals surface area (Å²) >= 11 is 12.5. The van der Waals surface area contributed by atoms with Gasteiger partial charge in [-0.3, -0.25) is 0 Å². The second-order valence-electron chi connectivity index (χ2n) is 6.59. The number of methoxy groups -OCH3 is 1. The van der Waals surface area contributed by atoms with Gasteiger partial charge < -0.3 is 19.5 Å². The summed E-state index contributed by atoms with van der Waals surface area (Å²) in [7, 11) is 1.58. The van der Waals surface area contributed by atoms with E-state index in [0.717, 1.165) is 5.56 Å². The minimum atomic E-state index is -1.10. The molecule has 126 valence electrons. The van der Waals surface area contributed by atoms with E-state index in [-0.39, 0.29) is 12.0 Å². The van der Waals surface area contributed by atoms with E-state index in [4.69, 9.17) is 32.7 Å². The molecule has 1 aromatic rings. The van der Waals surface area contributed by atoms with Crippen LogP contribution >= 0.6 is 23.2 Å². The maximum atomic E-state index is 12.1. The standard InChI is InChI=1S/C16H19Cl2NO4/c1-16(2,21)14-10-6-8(7-19(10)15(20)23-14)12-11(22-3)5-4-9(17)13(12)18/h4-5,8,10,14,21H,6-7H2,1-3H3/t8-,10-,14?/m0/s1. The highest BCUT2D eigenvalue weighted by atomic mass is 35.5. The Morgan fingerprint density at radius 3 is 2.70 bits per heavy atom. The number of hydrogen-bond donors (Lipinski definition) is 1. The molecular weight excluding hydrogens is 341 g/mol. The fraction of sp³-hybridized carbons (Fsp3) is 0.562. The summed E-state index contributed by atoms with van der Waals surface area (Å²) < 4.78 is 10.7. The molecule has 0 radical (unpaired) electrons. The number of benzene rings is 1. The molecule has 3 rings (SSSR count).